The molecule has 0 saturated carbocycles. The van der Waals surface area contributed by atoms with Crippen LogP contribution in [0.3, 0.4) is 0 Å². The number of esters is 1. The normalized spacial score (nSPS) is 25.6. The summed E-state index contributed by atoms with van der Waals surface area (Å²) in [4.78, 5) is 26.5. The lowest BCUT2D eigenvalue weighted by Crippen LogP contribution is -3.16. The summed E-state index contributed by atoms with van der Waals surface area (Å²) in [6.07, 6.45) is 3.59. The number of carbonyl (C=O) groups excluding carboxylic acids is 2. The van der Waals surface area contributed by atoms with Gasteiger partial charge in [0.2, 0.25) is 0 Å². The maximum atomic E-state index is 12.7. The van der Waals surface area contributed by atoms with Gasteiger partial charge in [-0.1, -0.05) is 23.8 Å². The number of hydrogen-bond acceptors (Lipinski definition) is 3. The summed E-state index contributed by atoms with van der Waals surface area (Å²) in [5.74, 6) is -0.396. The summed E-state index contributed by atoms with van der Waals surface area (Å²) >= 11 is 0. The molecule has 3 atom stereocenters. The molecule has 0 aromatic heterocycles. The van der Waals surface area contributed by atoms with E-state index in [9.17, 15) is 9.59 Å². The summed E-state index contributed by atoms with van der Waals surface area (Å²) < 4.78 is 5.10. The predicted octanol–water partition coefficient (Wildman–Crippen LogP) is 1.54. The van der Waals surface area contributed by atoms with Gasteiger partial charge in [0.05, 0.1) is 37.0 Å². The number of rotatable bonds is 4. The Balaban J connectivity index is 2.04. The van der Waals surface area contributed by atoms with Crippen molar-refractivity contribution in [3.8, 4) is 0 Å². The summed E-state index contributed by atoms with van der Waals surface area (Å²) in [5, 5.41) is 5.82. The van der Waals surface area contributed by atoms with E-state index in [0.29, 0.717) is 23.9 Å². The van der Waals surface area contributed by atoms with E-state index < -0.39 is 12.0 Å². The number of nitrogens with one attached hydrogen (secondary N) is 3. The van der Waals surface area contributed by atoms with Crippen LogP contribution in [0.2, 0.25) is 0 Å². The first-order valence-corrected chi connectivity index (χ1v) is 9.71. The molecule has 3 rings (SSSR count). The Hall–Kier alpha value is -2.34. The highest BCUT2D eigenvalue weighted by molar-refractivity contribution is 5.95. The SMILES string of the molecule is COC(=O)C1=C(C[NH+]2CCCC[C@@H]2C)NC(=O)N[C@@H]1c1cc(C)ccc1C. The van der Waals surface area contributed by atoms with Gasteiger partial charge in [0.25, 0.3) is 0 Å². The first-order valence-electron chi connectivity index (χ1n) is 9.71. The summed E-state index contributed by atoms with van der Waals surface area (Å²) in [6.45, 7) is 7.91. The molecule has 1 aromatic rings. The zero-order valence-electron chi connectivity index (χ0n) is 16.6. The molecule has 1 unspecified atom stereocenters. The molecular formula is C21H30N3O3+. The van der Waals surface area contributed by atoms with Crippen LogP contribution in [-0.2, 0) is 9.53 Å². The third-order valence-electron chi connectivity index (χ3n) is 5.79. The average molecular weight is 372 g/mol. The number of aryl methyl sites for hydroxylation is 2. The molecule has 1 aromatic carbocycles. The van der Waals surface area contributed by atoms with Gasteiger partial charge < -0.3 is 20.3 Å². The molecule has 146 valence electrons. The number of methoxy groups -OCH3 is 1. The van der Waals surface area contributed by atoms with Crippen LogP contribution >= 0.6 is 0 Å². The Morgan fingerprint density at radius 1 is 1.30 bits per heavy atom. The van der Waals surface area contributed by atoms with E-state index in [4.69, 9.17) is 4.74 Å². The molecule has 6 nitrogen and oxygen atoms in total. The van der Waals surface area contributed by atoms with Crippen molar-refractivity contribution in [1.29, 1.82) is 0 Å². The lowest BCUT2D eigenvalue weighted by atomic mass is 9.90. The molecule has 0 aliphatic carbocycles. The Bertz CT molecular complexity index is 772. The Kier molecular flexibility index (Phi) is 5.85. The average Bonchev–Trinajstić information content (AvgIpc) is 2.64. The van der Waals surface area contributed by atoms with E-state index in [-0.39, 0.29) is 6.03 Å². The molecule has 1 fully saturated rings. The lowest BCUT2D eigenvalue weighted by molar-refractivity contribution is -0.924. The number of likely N-dealkylation sites (tertiary alicyclic amines) is 1. The van der Waals surface area contributed by atoms with Crippen LogP contribution in [0, 0.1) is 13.8 Å². The fraction of sp³-hybridized carbons (Fsp3) is 0.524. The number of amides is 2. The number of ether oxygens (including phenoxy) is 1. The van der Waals surface area contributed by atoms with Crippen molar-refractivity contribution in [2.75, 3.05) is 20.2 Å². The van der Waals surface area contributed by atoms with E-state index in [2.05, 4.69) is 17.6 Å². The fourth-order valence-corrected chi connectivity index (χ4v) is 4.16. The van der Waals surface area contributed by atoms with Crippen LogP contribution in [0.15, 0.2) is 29.5 Å². The number of benzene rings is 1. The van der Waals surface area contributed by atoms with Gasteiger partial charge in [-0.3, -0.25) is 0 Å². The lowest BCUT2D eigenvalue weighted by Gasteiger charge is -2.34. The topological polar surface area (TPSA) is 71.9 Å². The smallest absolute Gasteiger partial charge is 0.338 e. The van der Waals surface area contributed by atoms with Gasteiger partial charge in [0.1, 0.15) is 6.54 Å². The molecule has 0 radical (unpaired) electrons. The molecule has 27 heavy (non-hydrogen) atoms. The van der Waals surface area contributed by atoms with Gasteiger partial charge >= 0.3 is 12.0 Å². The summed E-state index contributed by atoms with van der Waals surface area (Å²) in [7, 11) is 1.39. The molecular weight excluding hydrogens is 342 g/mol. The van der Waals surface area contributed by atoms with Gasteiger partial charge in [-0.25, -0.2) is 9.59 Å². The Labute approximate surface area is 161 Å². The zero-order chi connectivity index (χ0) is 19.6. The van der Waals surface area contributed by atoms with Crippen molar-refractivity contribution in [2.24, 2.45) is 0 Å². The van der Waals surface area contributed by atoms with Crippen molar-refractivity contribution in [3.63, 3.8) is 0 Å². The molecule has 2 aliphatic rings. The van der Waals surface area contributed by atoms with E-state index >= 15 is 0 Å². The van der Waals surface area contributed by atoms with E-state index in [0.717, 1.165) is 23.2 Å². The van der Waals surface area contributed by atoms with Crippen LogP contribution < -0.4 is 15.5 Å². The second-order valence-electron chi connectivity index (χ2n) is 7.76. The van der Waals surface area contributed by atoms with Gasteiger partial charge in [-0.05, 0) is 51.2 Å². The minimum Gasteiger partial charge on any atom is -0.466 e. The number of quaternary nitrogens is 1. The number of carbonyl (C=O) groups is 2. The molecule has 0 bridgehead atoms. The first-order chi connectivity index (χ1) is 12.9. The maximum Gasteiger partial charge on any atom is 0.338 e. The van der Waals surface area contributed by atoms with Crippen molar-refractivity contribution >= 4 is 12.0 Å². The minimum absolute atomic E-state index is 0.271. The quantitative estimate of drug-likeness (QED) is 0.702. The molecule has 0 spiro atoms. The predicted molar refractivity (Wildman–Crippen MR) is 103 cm³/mol. The van der Waals surface area contributed by atoms with Crippen LogP contribution in [0.1, 0.15) is 48.9 Å². The molecule has 6 heteroatoms. The van der Waals surface area contributed by atoms with Gasteiger partial charge in [0.15, 0.2) is 0 Å². The Morgan fingerprint density at radius 3 is 2.78 bits per heavy atom. The number of piperidine rings is 1. The van der Waals surface area contributed by atoms with Crippen LogP contribution in [0.25, 0.3) is 0 Å². The largest absolute Gasteiger partial charge is 0.466 e. The second kappa shape index (κ2) is 8.13. The molecule has 1 saturated heterocycles. The molecule has 2 heterocycles. The highest BCUT2D eigenvalue weighted by Gasteiger charge is 2.36. The van der Waals surface area contributed by atoms with Crippen LogP contribution in [0.4, 0.5) is 4.79 Å². The highest BCUT2D eigenvalue weighted by atomic mass is 16.5. The summed E-state index contributed by atoms with van der Waals surface area (Å²) in [5.41, 5.74) is 4.25. The second-order valence-corrected chi connectivity index (χ2v) is 7.76. The molecule has 2 amide bonds. The first kappa shape index (κ1) is 19.4. The van der Waals surface area contributed by atoms with Crippen molar-refractivity contribution < 1.29 is 19.2 Å². The minimum atomic E-state index is -0.499. The third-order valence-corrected chi connectivity index (χ3v) is 5.79. The standard InChI is InChI=1S/C21H29N3O3/c1-13-8-9-14(2)16(11-13)19-18(20(25)27-4)17(22-21(26)23-19)12-24-10-6-5-7-15(24)3/h8-9,11,15,19H,5-7,10,12H2,1-4H3,(H2,22,23,26)/p+1/t15-,19+/m0/s1. The fourth-order valence-electron chi connectivity index (χ4n) is 4.16. The molecule has 2 aliphatic heterocycles. The van der Waals surface area contributed by atoms with Crippen LogP contribution in [-0.4, -0.2) is 38.2 Å². The molecule has 3 N–H and O–H groups in total. The van der Waals surface area contributed by atoms with Crippen LogP contribution in [0.5, 0.6) is 0 Å². The number of hydrogen-bond donors (Lipinski definition) is 3. The van der Waals surface area contributed by atoms with Crippen molar-refractivity contribution in [2.45, 2.75) is 52.1 Å². The summed E-state index contributed by atoms with van der Waals surface area (Å²) in [6, 6.07) is 5.82. The monoisotopic (exact) mass is 372 g/mol. The third kappa shape index (κ3) is 4.16. The van der Waals surface area contributed by atoms with E-state index in [1.807, 2.05) is 32.0 Å². The number of urea groups is 1. The maximum absolute atomic E-state index is 12.7. The highest BCUT2D eigenvalue weighted by Crippen LogP contribution is 2.30. The van der Waals surface area contributed by atoms with Crippen molar-refractivity contribution in [1.82, 2.24) is 10.6 Å². The van der Waals surface area contributed by atoms with E-state index in [1.54, 1.807) is 0 Å². The van der Waals surface area contributed by atoms with E-state index in [1.165, 1.54) is 31.3 Å². The van der Waals surface area contributed by atoms with Gasteiger partial charge in [0, 0.05) is 0 Å². The van der Waals surface area contributed by atoms with Gasteiger partial charge in [-0.2, -0.15) is 0 Å². The zero-order valence-corrected chi connectivity index (χ0v) is 16.6. The Morgan fingerprint density at radius 2 is 2.07 bits per heavy atom. The van der Waals surface area contributed by atoms with Crippen molar-refractivity contribution in [3.05, 3.63) is 46.2 Å². The van der Waals surface area contributed by atoms with Gasteiger partial charge in [-0.15, -0.1) is 0 Å².